The Bertz CT molecular complexity index is 341. The lowest BCUT2D eigenvalue weighted by Crippen LogP contribution is -2.24. The van der Waals surface area contributed by atoms with Crippen LogP contribution in [0.3, 0.4) is 0 Å². The summed E-state index contributed by atoms with van der Waals surface area (Å²) >= 11 is 8.14. The summed E-state index contributed by atoms with van der Waals surface area (Å²) in [7, 11) is 0. The Morgan fingerprint density at radius 1 is 0.864 bits per heavy atom. The molecule has 0 aliphatic carbocycles. The van der Waals surface area contributed by atoms with Crippen molar-refractivity contribution in [3.05, 3.63) is 0 Å². The third-order valence-electron chi connectivity index (χ3n) is 2.89. The molecular weight excluding hydrogens is 356 g/mol. The van der Waals surface area contributed by atoms with E-state index < -0.39 is 0 Å². The van der Waals surface area contributed by atoms with Crippen LogP contribution in [-0.2, 0) is 9.59 Å². The Labute approximate surface area is 149 Å². The second kappa shape index (κ2) is 14.7. The fraction of sp³-hybridized carbons (Fsp3) is 0.857. The van der Waals surface area contributed by atoms with Gasteiger partial charge in [0.15, 0.2) is 0 Å². The molecule has 0 N–H and O–H groups in total. The first-order valence-electron chi connectivity index (χ1n) is 7.32. The van der Waals surface area contributed by atoms with Crippen molar-refractivity contribution in [3.63, 3.8) is 0 Å². The van der Waals surface area contributed by atoms with Crippen LogP contribution >= 0.6 is 47.0 Å². The maximum Gasteiger partial charge on any atom is 0.234 e. The van der Waals surface area contributed by atoms with Gasteiger partial charge >= 0.3 is 0 Å². The van der Waals surface area contributed by atoms with Gasteiger partial charge in [-0.25, -0.2) is 19.6 Å². The van der Waals surface area contributed by atoms with E-state index in [2.05, 4.69) is 33.5 Å². The lowest BCUT2D eigenvalue weighted by atomic mass is 10.5. The molecule has 0 amide bonds. The molecule has 0 bridgehead atoms. The van der Waals surface area contributed by atoms with Crippen LogP contribution in [0.15, 0.2) is 9.98 Å². The van der Waals surface area contributed by atoms with Crippen molar-refractivity contribution in [2.24, 2.45) is 9.98 Å². The highest BCUT2D eigenvalue weighted by Crippen LogP contribution is 2.33. The van der Waals surface area contributed by atoms with E-state index in [1.807, 2.05) is 23.5 Å². The van der Waals surface area contributed by atoms with Gasteiger partial charge in [-0.3, -0.25) is 0 Å². The Morgan fingerprint density at radius 3 is 1.68 bits per heavy atom. The quantitative estimate of drug-likeness (QED) is 0.295. The van der Waals surface area contributed by atoms with Crippen LogP contribution in [0.1, 0.15) is 12.8 Å². The molecule has 124 valence electrons. The predicted octanol–water partition coefficient (Wildman–Crippen LogP) is 3.12. The monoisotopic (exact) mass is 378 g/mol. The molecule has 4 nitrogen and oxygen atoms in total. The number of nitrogens with zero attached hydrogens (tertiary/aromatic N) is 2. The molecule has 0 saturated carbocycles. The average molecular weight is 379 g/mol. The molecule has 1 fully saturated rings. The molecule has 2 unspecified atom stereocenters. The Kier molecular flexibility index (Phi) is 13.5. The Hall–Kier alpha value is 0.160. The number of hydrogen-bond acceptors (Lipinski definition) is 8. The zero-order chi connectivity index (χ0) is 15.9. The minimum atomic E-state index is 0.612. The summed E-state index contributed by atoms with van der Waals surface area (Å²) in [5, 5.41) is 1.51. The van der Waals surface area contributed by atoms with Crippen molar-refractivity contribution >= 4 is 59.2 Å². The average Bonchev–Trinajstić information content (AvgIpc) is 2.55. The van der Waals surface area contributed by atoms with Crippen molar-refractivity contribution in [3.8, 4) is 0 Å². The molecule has 1 rings (SSSR count). The maximum absolute atomic E-state index is 9.93. The second-order valence-electron chi connectivity index (χ2n) is 4.71. The van der Waals surface area contributed by atoms with E-state index in [0.717, 1.165) is 34.8 Å². The Balaban J connectivity index is 1.94. The van der Waals surface area contributed by atoms with Gasteiger partial charge in [0, 0.05) is 33.5 Å². The zero-order valence-corrected chi connectivity index (χ0v) is 15.8. The van der Waals surface area contributed by atoms with Crippen molar-refractivity contribution in [1.82, 2.24) is 0 Å². The topological polar surface area (TPSA) is 58.9 Å². The standard InChI is InChI=1S/C14H22N2O2S4/c17-11-15-3-1-5-19-7-13-9-22-14(10-21-13)8-20-6-2-4-16-12-18/h13-14H,1-10H2. The van der Waals surface area contributed by atoms with Crippen molar-refractivity contribution in [2.75, 3.05) is 47.6 Å². The van der Waals surface area contributed by atoms with Gasteiger partial charge in [-0.05, 0) is 24.3 Å². The van der Waals surface area contributed by atoms with Crippen LogP contribution in [0.2, 0.25) is 0 Å². The van der Waals surface area contributed by atoms with E-state index in [9.17, 15) is 9.59 Å². The molecule has 1 heterocycles. The van der Waals surface area contributed by atoms with Crippen molar-refractivity contribution in [1.29, 1.82) is 0 Å². The second-order valence-corrected chi connectivity index (χ2v) is 9.68. The first-order chi connectivity index (χ1) is 10.9. The highest BCUT2D eigenvalue weighted by molar-refractivity contribution is 8.09. The third kappa shape index (κ3) is 10.8. The summed E-state index contributed by atoms with van der Waals surface area (Å²) in [4.78, 5) is 27.0. The minimum Gasteiger partial charge on any atom is -0.211 e. The number of hydrogen-bond donors (Lipinski definition) is 0. The van der Waals surface area contributed by atoms with E-state index in [-0.39, 0.29) is 0 Å². The maximum atomic E-state index is 9.93. The van der Waals surface area contributed by atoms with E-state index >= 15 is 0 Å². The van der Waals surface area contributed by atoms with Gasteiger partial charge < -0.3 is 0 Å². The largest absolute Gasteiger partial charge is 0.234 e. The molecule has 0 aromatic heterocycles. The number of aliphatic imine (C=N–C) groups is 2. The summed E-state index contributed by atoms with van der Waals surface area (Å²) < 4.78 is 0. The van der Waals surface area contributed by atoms with Crippen LogP contribution < -0.4 is 0 Å². The van der Waals surface area contributed by atoms with Crippen molar-refractivity contribution in [2.45, 2.75) is 23.3 Å². The van der Waals surface area contributed by atoms with E-state index in [1.54, 1.807) is 12.2 Å². The van der Waals surface area contributed by atoms with Gasteiger partial charge in [0.2, 0.25) is 12.2 Å². The summed E-state index contributed by atoms with van der Waals surface area (Å²) in [6.45, 7) is 1.22. The molecule has 0 aromatic carbocycles. The Morgan fingerprint density at radius 2 is 1.32 bits per heavy atom. The van der Waals surface area contributed by atoms with Crippen LogP contribution in [0.4, 0.5) is 0 Å². The van der Waals surface area contributed by atoms with Crippen LogP contribution in [0.25, 0.3) is 0 Å². The minimum absolute atomic E-state index is 0.612. The molecule has 0 radical (unpaired) electrons. The summed E-state index contributed by atoms with van der Waals surface area (Å²) in [6, 6.07) is 0. The molecule has 1 aliphatic heterocycles. The third-order valence-corrected chi connectivity index (χ3v) is 8.96. The molecule has 22 heavy (non-hydrogen) atoms. The molecule has 0 spiro atoms. The normalized spacial score (nSPS) is 20.9. The fourth-order valence-corrected chi connectivity index (χ4v) is 7.65. The van der Waals surface area contributed by atoms with Crippen LogP contribution in [0, 0.1) is 0 Å². The van der Waals surface area contributed by atoms with Gasteiger partial charge in [-0.2, -0.15) is 47.0 Å². The lowest BCUT2D eigenvalue weighted by Gasteiger charge is -2.27. The SMILES string of the molecule is O=C=NCCCSCC1CSC(CSCCCN=C=O)CS1. The highest BCUT2D eigenvalue weighted by Gasteiger charge is 2.21. The number of rotatable bonds is 12. The lowest BCUT2D eigenvalue weighted by molar-refractivity contribution is 0.562. The van der Waals surface area contributed by atoms with Gasteiger partial charge in [0.25, 0.3) is 0 Å². The molecule has 1 saturated heterocycles. The first-order valence-corrected chi connectivity index (χ1v) is 11.7. The van der Waals surface area contributed by atoms with E-state index in [0.29, 0.717) is 13.1 Å². The zero-order valence-electron chi connectivity index (χ0n) is 12.6. The smallest absolute Gasteiger partial charge is 0.211 e. The van der Waals surface area contributed by atoms with Crippen molar-refractivity contribution < 1.29 is 9.59 Å². The molecule has 2 atom stereocenters. The fourth-order valence-electron chi connectivity index (χ4n) is 1.79. The molecule has 8 heteroatoms. The van der Waals surface area contributed by atoms with Gasteiger partial charge in [-0.1, -0.05) is 0 Å². The van der Waals surface area contributed by atoms with Gasteiger partial charge in [0.1, 0.15) is 0 Å². The summed E-state index contributed by atoms with van der Waals surface area (Å²) in [5.74, 6) is 7.04. The van der Waals surface area contributed by atoms with Crippen LogP contribution in [-0.4, -0.2) is 70.3 Å². The van der Waals surface area contributed by atoms with E-state index in [1.165, 1.54) is 23.0 Å². The summed E-state index contributed by atoms with van der Waals surface area (Å²) in [5.41, 5.74) is 0. The molecule has 1 aliphatic rings. The number of carbonyl (C=O) groups excluding carboxylic acids is 2. The van der Waals surface area contributed by atoms with E-state index in [4.69, 9.17) is 0 Å². The van der Waals surface area contributed by atoms with Gasteiger partial charge in [0.05, 0.1) is 13.1 Å². The van der Waals surface area contributed by atoms with Crippen LogP contribution in [0.5, 0.6) is 0 Å². The highest BCUT2D eigenvalue weighted by atomic mass is 32.2. The predicted molar refractivity (Wildman–Crippen MR) is 102 cm³/mol. The number of thioether (sulfide) groups is 4. The molecule has 0 aromatic rings. The van der Waals surface area contributed by atoms with Gasteiger partial charge in [-0.15, -0.1) is 0 Å². The summed E-state index contributed by atoms with van der Waals surface area (Å²) in [6.07, 6.45) is 5.10. The number of isocyanates is 2. The first kappa shape index (κ1) is 20.2. The molecular formula is C14H22N2O2S4.